The van der Waals surface area contributed by atoms with Crippen LogP contribution in [0.1, 0.15) is 17.4 Å². The number of rotatable bonds is 3. The lowest BCUT2D eigenvalue weighted by Crippen LogP contribution is -2.17. The lowest BCUT2D eigenvalue weighted by molar-refractivity contribution is -0.105. The molecule has 0 saturated heterocycles. The van der Waals surface area contributed by atoms with Crippen molar-refractivity contribution in [2.75, 3.05) is 14.2 Å². The van der Waals surface area contributed by atoms with Crippen molar-refractivity contribution in [3.05, 3.63) is 29.3 Å². The molecule has 0 saturated carbocycles. The summed E-state index contributed by atoms with van der Waals surface area (Å²) in [6, 6.07) is 5.80. The number of benzene rings is 1. The number of aryl methyl sites for hydroxylation is 1. The van der Waals surface area contributed by atoms with Crippen molar-refractivity contribution < 1.29 is 9.47 Å². The van der Waals surface area contributed by atoms with Gasteiger partial charge in [0.2, 0.25) is 0 Å². The third-order valence-corrected chi connectivity index (χ3v) is 1.92. The summed E-state index contributed by atoms with van der Waals surface area (Å²) in [5.41, 5.74) is 2.71. The molecular formula is C10H13BO2. The first kappa shape index (κ1) is 10.3. The van der Waals surface area contributed by atoms with Crippen molar-refractivity contribution >= 4 is 13.3 Å². The summed E-state index contributed by atoms with van der Waals surface area (Å²) in [5.74, 6) is 0. The van der Waals surface area contributed by atoms with Crippen LogP contribution < -0.4 is 5.46 Å². The number of hydrogen-bond donors (Lipinski definition) is 0. The van der Waals surface area contributed by atoms with Crippen molar-refractivity contribution in [2.45, 2.75) is 13.2 Å². The first-order valence-corrected chi connectivity index (χ1v) is 4.10. The molecule has 0 N–H and O–H groups in total. The zero-order valence-corrected chi connectivity index (χ0v) is 8.20. The van der Waals surface area contributed by atoms with Crippen LogP contribution in [-0.4, -0.2) is 22.1 Å². The molecular weight excluding hydrogens is 163 g/mol. The summed E-state index contributed by atoms with van der Waals surface area (Å²) in [6.45, 7) is 1.99. The first-order valence-electron chi connectivity index (χ1n) is 4.10. The van der Waals surface area contributed by atoms with E-state index in [4.69, 9.17) is 17.3 Å². The van der Waals surface area contributed by atoms with E-state index in [0.29, 0.717) is 5.46 Å². The van der Waals surface area contributed by atoms with E-state index < -0.39 is 0 Å². The minimum atomic E-state index is -0.374. The third-order valence-electron chi connectivity index (χ3n) is 1.92. The first-order chi connectivity index (χ1) is 6.19. The fourth-order valence-corrected chi connectivity index (χ4v) is 1.26. The van der Waals surface area contributed by atoms with E-state index in [1.165, 1.54) is 0 Å². The average Bonchev–Trinajstić information content (AvgIpc) is 2.10. The van der Waals surface area contributed by atoms with Gasteiger partial charge in [0.25, 0.3) is 0 Å². The minimum absolute atomic E-state index is 0.374. The summed E-state index contributed by atoms with van der Waals surface area (Å²) >= 11 is 0. The maximum atomic E-state index is 5.81. The van der Waals surface area contributed by atoms with Crippen LogP contribution >= 0.6 is 0 Å². The lowest BCUT2D eigenvalue weighted by atomic mass is 9.89. The summed E-state index contributed by atoms with van der Waals surface area (Å²) in [7, 11) is 8.99. The molecule has 0 aliphatic carbocycles. The Bertz CT molecular complexity index is 282. The van der Waals surface area contributed by atoms with Crippen LogP contribution in [0.4, 0.5) is 0 Å². The molecule has 0 aromatic heterocycles. The molecule has 0 amide bonds. The molecule has 0 fully saturated rings. The Hall–Kier alpha value is -0.795. The van der Waals surface area contributed by atoms with Gasteiger partial charge in [0, 0.05) is 19.8 Å². The van der Waals surface area contributed by atoms with E-state index in [1.54, 1.807) is 14.2 Å². The quantitative estimate of drug-likeness (QED) is 0.506. The van der Waals surface area contributed by atoms with Crippen LogP contribution in [0.5, 0.6) is 0 Å². The molecule has 0 spiro atoms. The largest absolute Gasteiger partial charge is 0.352 e. The Kier molecular flexibility index (Phi) is 3.52. The molecule has 13 heavy (non-hydrogen) atoms. The molecule has 68 valence electrons. The van der Waals surface area contributed by atoms with Gasteiger partial charge in [-0.3, -0.25) is 0 Å². The highest BCUT2D eigenvalue weighted by Crippen LogP contribution is 2.14. The van der Waals surface area contributed by atoms with Crippen molar-refractivity contribution in [1.29, 1.82) is 0 Å². The Labute approximate surface area is 80.3 Å². The maximum absolute atomic E-state index is 5.81. The van der Waals surface area contributed by atoms with Crippen molar-refractivity contribution in [3.63, 3.8) is 0 Å². The van der Waals surface area contributed by atoms with Gasteiger partial charge in [-0.1, -0.05) is 29.2 Å². The van der Waals surface area contributed by atoms with Gasteiger partial charge >= 0.3 is 0 Å². The SMILES string of the molecule is [B]c1cc(C)ccc1C(OC)OC. The number of hydrogen-bond acceptors (Lipinski definition) is 2. The second-order valence-electron chi connectivity index (χ2n) is 2.94. The zero-order chi connectivity index (χ0) is 9.84. The minimum Gasteiger partial charge on any atom is -0.352 e. The standard InChI is InChI=1S/C10H13BO2/c1-7-4-5-8(9(11)6-7)10(12-2)13-3/h4-6,10H,1-3H3. The van der Waals surface area contributed by atoms with Gasteiger partial charge in [0.15, 0.2) is 6.29 Å². The van der Waals surface area contributed by atoms with Crippen LogP contribution in [0.25, 0.3) is 0 Å². The van der Waals surface area contributed by atoms with E-state index in [9.17, 15) is 0 Å². The fraction of sp³-hybridized carbons (Fsp3) is 0.400. The van der Waals surface area contributed by atoms with Gasteiger partial charge in [-0.15, -0.1) is 0 Å². The van der Waals surface area contributed by atoms with E-state index in [2.05, 4.69) is 0 Å². The molecule has 0 unspecified atom stereocenters. The maximum Gasteiger partial charge on any atom is 0.182 e. The van der Waals surface area contributed by atoms with E-state index >= 15 is 0 Å². The van der Waals surface area contributed by atoms with Crippen molar-refractivity contribution in [1.82, 2.24) is 0 Å². The Morgan fingerprint density at radius 1 is 1.23 bits per heavy atom. The molecule has 0 atom stereocenters. The van der Waals surface area contributed by atoms with Gasteiger partial charge in [0.1, 0.15) is 7.85 Å². The molecule has 0 heterocycles. The molecule has 1 rings (SSSR count). The molecule has 2 radical (unpaired) electrons. The predicted octanol–water partition coefficient (Wildman–Crippen LogP) is 1.08. The van der Waals surface area contributed by atoms with Crippen LogP contribution in [0.15, 0.2) is 18.2 Å². The molecule has 1 aromatic carbocycles. The Balaban J connectivity index is 2.99. The number of methoxy groups -OCH3 is 2. The highest BCUT2D eigenvalue weighted by molar-refractivity contribution is 6.33. The number of ether oxygens (including phenoxy) is 2. The lowest BCUT2D eigenvalue weighted by Gasteiger charge is -2.16. The van der Waals surface area contributed by atoms with Gasteiger partial charge in [-0.25, -0.2) is 0 Å². The van der Waals surface area contributed by atoms with E-state index in [0.717, 1.165) is 11.1 Å². The fourth-order valence-electron chi connectivity index (χ4n) is 1.26. The van der Waals surface area contributed by atoms with Crippen LogP contribution in [0, 0.1) is 6.92 Å². The van der Waals surface area contributed by atoms with E-state index in [-0.39, 0.29) is 6.29 Å². The second-order valence-corrected chi connectivity index (χ2v) is 2.94. The Morgan fingerprint density at radius 2 is 1.85 bits per heavy atom. The average molecular weight is 176 g/mol. The highest BCUT2D eigenvalue weighted by atomic mass is 16.7. The smallest absolute Gasteiger partial charge is 0.182 e. The monoisotopic (exact) mass is 176 g/mol. The molecule has 0 bridgehead atoms. The summed E-state index contributed by atoms with van der Waals surface area (Å²) in [4.78, 5) is 0. The second kappa shape index (κ2) is 4.44. The van der Waals surface area contributed by atoms with Crippen molar-refractivity contribution in [3.8, 4) is 0 Å². The van der Waals surface area contributed by atoms with Gasteiger partial charge in [-0.2, -0.15) is 0 Å². The highest BCUT2D eigenvalue weighted by Gasteiger charge is 2.10. The molecule has 1 aromatic rings. The zero-order valence-electron chi connectivity index (χ0n) is 8.20. The molecule has 0 aliphatic rings. The summed E-state index contributed by atoms with van der Waals surface area (Å²) < 4.78 is 10.2. The van der Waals surface area contributed by atoms with Gasteiger partial charge in [-0.05, 0) is 6.92 Å². The predicted molar refractivity (Wildman–Crippen MR) is 53.3 cm³/mol. The molecule has 2 nitrogen and oxygen atoms in total. The normalized spacial score (nSPS) is 10.8. The molecule has 0 aliphatic heterocycles. The molecule has 3 heteroatoms. The Morgan fingerprint density at radius 3 is 2.31 bits per heavy atom. The summed E-state index contributed by atoms with van der Waals surface area (Å²) in [5, 5.41) is 0. The third kappa shape index (κ3) is 2.33. The van der Waals surface area contributed by atoms with Crippen LogP contribution in [0.3, 0.4) is 0 Å². The van der Waals surface area contributed by atoms with Crippen LogP contribution in [-0.2, 0) is 9.47 Å². The van der Waals surface area contributed by atoms with Gasteiger partial charge < -0.3 is 9.47 Å². The van der Waals surface area contributed by atoms with Crippen molar-refractivity contribution in [2.24, 2.45) is 0 Å². The summed E-state index contributed by atoms with van der Waals surface area (Å²) in [6.07, 6.45) is -0.374. The van der Waals surface area contributed by atoms with Gasteiger partial charge in [0.05, 0.1) is 0 Å². The van der Waals surface area contributed by atoms with Crippen LogP contribution in [0.2, 0.25) is 0 Å². The topological polar surface area (TPSA) is 18.5 Å². The van der Waals surface area contributed by atoms with E-state index in [1.807, 2.05) is 25.1 Å².